The Morgan fingerprint density at radius 1 is 1.00 bits per heavy atom. The summed E-state index contributed by atoms with van der Waals surface area (Å²) >= 11 is 0. The highest BCUT2D eigenvalue weighted by atomic mass is 16.5. The number of guanidine groups is 1. The van der Waals surface area contributed by atoms with Gasteiger partial charge in [-0.2, -0.15) is 0 Å². The fourth-order valence-electron chi connectivity index (χ4n) is 2.14. The highest BCUT2D eigenvalue weighted by molar-refractivity contribution is 5.80. The van der Waals surface area contributed by atoms with E-state index in [1.807, 2.05) is 42.5 Å². The van der Waals surface area contributed by atoms with Gasteiger partial charge in [-0.3, -0.25) is 4.99 Å². The topological polar surface area (TPSA) is 45.6 Å². The molecule has 3 rings (SSSR count). The molecule has 0 saturated heterocycles. The van der Waals surface area contributed by atoms with Crippen molar-refractivity contribution in [3.05, 3.63) is 60.2 Å². The van der Waals surface area contributed by atoms with Gasteiger partial charge in [-0.05, 0) is 36.2 Å². The number of para-hydroxylation sites is 1. The van der Waals surface area contributed by atoms with Crippen molar-refractivity contribution in [1.29, 1.82) is 0 Å². The Hall–Kier alpha value is -2.49. The van der Waals surface area contributed by atoms with E-state index in [1.54, 1.807) is 0 Å². The predicted molar refractivity (Wildman–Crippen MR) is 84.7 cm³/mol. The fraction of sp³-hybridized carbons (Fsp3) is 0.235. The predicted octanol–water partition coefficient (Wildman–Crippen LogP) is 2.92. The minimum Gasteiger partial charge on any atom is -0.457 e. The third-order valence-corrected chi connectivity index (χ3v) is 3.26. The Morgan fingerprint density at radius 3 is 2.48 bits per heavy atom. The van der Waals surface area contributed by atoms with E-state index < -0.39 is 0 Å². The van der Waals surface area contributed by atoms with E-state index >= 15 is 0 Å². The molecule has 0 aromatic heterocycles. The van der Waals surface area contributed by atoms with Crippen molar-refractivity contribution >= 4 is 5.96 Å². The number of hydrogen-bond acceptors (Lipinski definition) is 4. The molecule has 0 spiro atoms. The van der Waals surface area contributed by atoms with Crippen LogP contribution in [0, 0.1) is 0 Å². The zero-order chi connectivity index (χ0) is 14.3. The second-order valence-corrected chi connectivity index (χ2v) is 4.92. The summed E-state index contributed by atoms with van der Waals surface area (Å²) in [4.78, 5) is 4.39. The second kappa shape index (κ2) is 6.79. The number of ether oxygens (including phenoxy) is 1. The van der Waals surface area contributed by atoms with Gasteiger partial charge in [0, 0.05) is 19.6 Å². The number of aliphatic imine (C=N–C) groups is 1. The van der Waals surface area contributed by atoms with Gasteiger partial charge in [0.25, 0.3) is 0 Å². The summed E-state index contributed by atoms with van der Waals surface area (Å²) in [6, 6.07) is 17.9. The third-order valence-electron chi connectivity index (χ3n) is 3.26. The summed E-state index contributed by atoms with van der Waals surface area (Å²) in [6.07, 6.45) is 1.11. The molecule has 1 aliphatic rings. The van der Waals surface area contributed by atoms with E-state index in [0.717, 1.165) is 43.5 Å². The van der Waals surface area contributed by atoms with Crippen LogP contribution in [0.2, 0.25) is 0 Å². The minimum absolute atomic E-state index is 0.761. The molecular weight excluding hydrogens is 262 g/mol. The lowest BCUT2D eigenvalue weighted by Crippen LogP contribution is -2.40. The van der Waals surface area contributed by atoms with Gasteiger partial charge in [0.1, 0.15) is 11.5 Å². The van der Waals surface area contributed by atoms with Crippen LogP contribution < -0.4 is 15.4 Å². The van der Waals surface area contributed by atoms with Gasteiger partial charge in [0.05, 0.1) is 0 Å². The summed E-state index contributed by atoms with van der Waals surface area (Å²) in [5, 5.41) is 6.55. The Morgan fingerprint density at radius 2 is 1.76 bits per heavy atom. The number of benzene rings is 2. The SMILES string of the molecule is c1ccc(Oc2ccc(CNC3=NCCCN3)cc2)cc1. The summed E-state index contributed by atoms with van der Waals surface area (Å²) in [6.45, 7) is 2.66. The lowest BCUT2D eigenvalue weighted by molar-refractivity contribution is 0.482. The molecule has 0 aliphatic carbocycles. The van der Waals surface area contributed by atoms with Crippen LogP contribution in [0.25, 0.3) is 0 Å². The molecule has 2 N–H and O–H groups in total. The van der Waals surface area contributed by atoms with Crippen LogP contribution in [0.1, 0.15) is 12.0 Å². The van der Waals surface area contributed by atoms with E-state index in [0.29, 0.717) is 0 Å². The standard InChI is InChI=1S/C17H19N3O/c1-2-5-15(6-3-1)21-16-9-7-14(8-10-16)13-20-17-18-11-4-12-19-17/h1-3,5-10H,4,11-13H2,(H2,18,19,20). The molecule has 0 atom stereocenters. The first kappa shape index (κ1) is 13.5. The maximum absolute atomic E-state index is 5.77. The highest BCUT2D eigenvalue weighted by Gasteiger charge is 2.03. The first-order chi connectivity index (χ1) is 10.4. The van der Waals surface area contributed by atoms with Gasteiger partial charge in [-0.25, -0.2) is 0 Å². The normalized spacial score (nSPS) is 14.0. The number of hydrogen-bond donors (Lipinski definition) is 2. The fourth-order valence-corrected chi connectivity index (χ4v) is 2.14. The molecule has 0 amide bonds. The molecule has 1 heterocycles. The van der Waals surface area contributed by atoms with Crippen molar-refractivity contribution in [3.63, 3.8) is 0 Å². The van der Waals surface area contributed by atoms with Gasteiger partial charge in [0.15, 0.2) is 5.96 Å². The van der Waals surface area contributed by atoms with E-state index in [4.69, 9.17) is 4.74 Å². The molecule has 0 unspecified atom stereocenters. The van der Waals surface area contributed by atoms with E-state index in [9.17, 15) is 0 Å². The molecule has 2 aromatic carbocycles. The maximum Gasteiger partial charge on any atom is 0.191 e. The molecule has 2 aromatic rings. The monoisotopic (exact) mass is 281 g/mol. The zero-order valence-corrected chi connectivity index (χ0v) is 11.9. The Bertz CT molecular complexity index is 593. The van der Waals surface area contributed by atoms with Gasteiger partial charge >= 0.3 is 0 Å². The molecule has 0 radical (unpaired) electrons. The summed E-state index contributed by atoms with van der Waals surface area (Å²) < 4.78 is 5.77. The molecule has 1 aliphatic heterocycles. The molecule has 108 valence electrons. The molecule has 0 bridgehead atoms. The quantitative estimate of drug-likeness (QED) is 0.905. The first-order valence-electron chi connectivity index (χ1n) is 7.24. The van der Waals surface area contributed by atoms with E-state index in [1.165, 1.54) is 5.56 Å². The van der Waals surface area contributed by atoms with Crippen molar-refractivity contribution in [2.75, 3.05) is 13.1 Å². The van der Waals surface area contributed by atoms with Crippen molar-refractivity contribution in [2.24, 2.45) is 4.99 Å². The molecular formula is C17H19N3O. The summed E-state index contributed by atoms with van der Waals surface area (Å²) in [5.41, 5.74) is 1.20. The van der Waals surface area contributed by atoms with Gasteiger partial charge in [-0.1, -0.05) is 30.3 Å². The Labute approximate surface area is 124 Å². The highest BCUT2D eigenvalue weighted by Crippen LogP contribution is 2.20. The minimum atomic E-state index is 0.761. The van der Waals surface area contributed by atoms with Gasteiger partial charge in [0.2, 0.25) is 0 Å². The number of nitrogens with zero attached hydrogens (tertiary/aromatic N) is 1. The lowest BCUT2D eigenvalue weighted by atomic mass is 10.2. The van der Waals surface area contributed by atoms with Gasteiger partial charge < -0.3 is 15.4 Å². The Kier molecular flexibility index (Phi) is 4.36. The van der Waals surface area contributed by atoms with Crippen LogP contribution in [-0.2, 0) is 6.54 Å². The average molecular weight is 281 g/mol. The molecule has 0 saturated carbocycles. The van der Waals surface area contributed by atoms with Gasteiger partial charge in [-0.15, -0.1) is 0 Å². The van der Waals surface area contributed by atoms with Crippen LogP contribution in [0.5, 0.6) is 11.5 Å². The van der Waals surface area contributed by atoms with Crippen LogP contribution >= 0.6 is 0 Å². The van der Waals surface area contributed by atoms with E-state index in [-0.39, 0.29) is 0 Å². The average Bonchev–Trinajstić information content (AvgIpc) is 2.56. The van der Waals surface area contributed by atoms with E-state index in [2.05, 4.69) is 27.8 Å². The summed E-state index contributed by atoms with van der Waals surface area (Å²) in [5.74, 6) is 2.59. The Balaban J connectivity index is 1.55. The van der Waals surface area contributed by atoms with Crippen LogP contribution in [-0.4, -0.2) is 19.0 Å². The van der Waals surface area contributed by atoms with Crippen molar-refractivity contribution in [1.82, 2.24) is 10.6 Å². The lowest BCUT2D eigenvalue weighted by Gasteiger charge is -2.16. The van der Waals surface area contributed by atoms with Crippen LogP contribution in [0.4, 0.5) is 0 Å². The van der Waals surface area contributed by atoms with Crippen LogP contribution in [0.3, 0.4) is 0 Å². The molecule has 4 heteroatoms. The zero-order valence-electron chi connectivity index (χ0n) is 11.9. The second-order valence-electron chi connectivity index (χ2n) is 4.92. The largest absolute Gasteiger partial charge is 0.457 e. The number of rotatable bonds is 4. The maximum atomic E-state index is 5.77. The third kappa shape index (κ3) is 3.99. The molecule has 0 fully saturated rings. The van der Waals surface area contributed by atoms with Crippen molar-refractivity contribution in [3.8, 4) is 11.5 Å². The summed E-state index contributed by atoms with van der Waals surface area (Å²) in [7, 11) is 0. The molecule has 4 nitrogen and oxygen atoms in total. The smallest absolute Gasteiger partial charge is 0.191 e. The van der Waals surface area contributed by atoms with Crippen molar-refractivity contribution < 1.29 is 4.74 Å². The first-order valence-corrected chi connectivity index (χ1v) is 7.24. The van der Waals surface area contributed by atoms with Crippen molar-refractivity contribution in [2.45, 2.75) is 13.0 Å². The number of nitrogens with one attached hydrogen (secondary N) is 2. The van der Waals surface area contributed by atoms with Crippen LogP contribution in [0.15, 0.2) is 59.6 Å². The molecule has 21 heavy (non-hydrogen) atoms.